The van der Waals surface area contributed by atoms with E-state index in [9.17, 15) is 24.6 Å². The second-order valence-corrected chi connectivity index (χ2v) is 11.8. The topological polar surface area (TPSA) is 101 Å². The number of ether oxygens (including phenoxy) is 1. The molecule has 7 heteroatoms. The molecule has 0 aromatic rings. The first kappa shape index (κ1) is 26.2. The molecular weight excluding hydrogens is 451 g/mol. The van der Waals surface area contributed by atoms with Crippen LogP contribution in [0.25, 0.3) is 0 Å². The monoisotopic (exact) mass is 490 g/mol. The number of ketones is 2. The Hall–Kier alpha value is -1.86. The molecule has 0 bridgehead atoms. The third-order valence-electron chi connectivity index (χ3n) is 9.83. The van der Waals surface area contributed by atoms with E-state index in [1.807, 2.05) is 27.7 Å². The molecule has 194 valence electrons. The lowest BCUT2D eigenvalue weighted by molar-refractivity contribution is -0.188. The van der Waals surface area contributed by atoms with Crippen LogP contribution in [0.3, 0.4) is 0 Å². The molecule has 4 aliphatic rings. The Bertz CT molecular complexity index is 957. The minimum absolute atomic E-state index is 0.147. The van der Waals surface area contributed by atoms with Gasteiger partial charge in [0.05, 0.1) is 6.10 Å². The molecule has 3 saturated carbocycles. The van der Waals surface area contributed by atoms with E-state index in [0.717, 1.165) is 12.8 Å². The molecule has 0 spiro atoms. The molecule has 9 atom stereocenters. The van der Waals surface area contributed by atoms with E-state index >= 15 is 4.39 Å². The summed E-state index contributed by atoms with van der Waals surface area (Å²) < 4.78 is 20.7. The lowest BCUT2D eigenvalue weighted by Gasteiger charge is -2.60. The van der Waals surface area contributed by atoms with E-state index in [4.69, 9.17) is 4.74 Å². The molecule has 3 fully saturated rings. The van der Waals surface area contributed by atoms with E-state index in [1.54, 1.807) is 6.08 Å². The lowest BCUT2D eigenvalue weighted by Crippen LogP contribution is -2.63. The first-order valence-corrected chi connectivity index (χ1v) is 13.1. The SMILES string of the molecule is CCCCCC(=O)OCC(=O)[C@@]1(O)[C@H](C)C[C@H]2C3C[C@H](F)C4=CC(=O)C=CC4(C)C3[C@@H](O)CC21C. The molecule has 35 heavy (non-hydrogen) atoms. The third-order valence-corrected chi connectivity index (χ3v) is 9.83. The molecule has 0 aliphatic heterocycles. The number of hydrogen-bond donors (Lipinski definition) is 2. The quantitative estimate of drug-likeness (QED) is 0.415. The average molecular weight is 491 g/mol. The van der Waals surface area contributed by atoms with Crippen LogP contribution < -0.4 is 0 Å². The van der Waals surface area contributed by atoms with Crippen LogP contribution in [-0.2, 0) is 19.1 Å². The van der Waals surface area contributed by atoms with Gasteiger partial charge in [0.15, 0.2) is 12.4 Å². The van der Waals surface area contributed by atoms with Crippen molar-refractivity contribution < 1.29 is 33.7 Å². The molecule has 6 nitrogen and oxygen atoms in total. The van der Waals surface area contributed by atoms with Crippen molar-refractivity contribution in [2.75, 3.05) is 6.61 Å². The van der Waals surface area contributed by atoms with Gasteiger partial charge in [-0.05, 0) is 61.2 Å². The van der Waals surface area contributed by atoms with Crippen molar-refractivity contribution in [1.29, 1.82) is 0 Å². The van der Waals surface area contributed by atoms with Crippen LogP contribution in [0.2, 0.25) is 0 Å². The van der Waals surface area contributed by atoms with E-state index in [1.165, 1.54) is 12.2 Å². The Kier molecular flexibility index (Phi) is 6.90. The van der Waals surface area contributed by atoms with Gasteiger partial charge < -0.3 is 14.9 Å². The second kappa shape index (κ2) is 9.22. The molecule has 2 N–H and O–H groups in total. The first-order valence-electron chi connectivity index (χ1n) is 13.1. The molecule has 4 aliphatic carbocycles. The Morgan fingerprint density at radius 1 is 1.23 bits per heavy atom. The van der Waals surface area contributed by atoms with E-state index < -0.39 is 53.0 Å². The summed E-state index contributed by atoms with van der Waals surface area (Å²) in [6, 6.07) is 0. The normalized spacial score (nSPS) is 44.2. The fourth-order valence-electron chi connectivity index (χ4n) is 8.11. The number of hydrogen-bond acceptors (Lipinski definition) is 6. The zero-order valence-electron chi connectivity index (χ0n) is 21.3. The molecule has 4 unspecified atom stereocenters. The number of fused-ring (bicyclic) bond motifs is 5. The summed E-state index contributed by atoms with van der Waals surface area (Å²) >= 11 is 0. The van der Waals surface area contributed by atoms with Crippen LogP contribution >= 0.6 is 0 Å². The van der Waals surface area contributed by atoms with Gasteiger partial charge in [-0.2, -0.15) is 0 Å². The largest absolute Gasteiger partial charge is 0.458 e. The Labute approximate surface area is 207 Å². The molecule has 0 amide bonds. The number of rotatable bonds is 7. The van der Waals surface area contributed by atoms with Crippen LogP contribution in [0.1, 0.15) is 72.6 Å². The smallest absolute Gasteiger partial charge is 0.306 e. The third kappa shape index (κ3) is 3.93. The summed E-state index contributed by atoms with van der Waals surface area (Å²) in [7, 11) is 0. The number of aliphatic hydroxyl groups is 2. The second-order valence-electron chi connectivity index (χ2n) is 11.8. The van der Waals surface area contributed by atoms with Gasteiger partial charge in [-0.25, -0.2) is 4.39 Å². The maximum Gasteiger partial charge on any atom is 0.306 e. The highest BCUT2D eigenvalue weighted by molar-refractivity contribution is 6.01. The van der Waals surface area contributed by atoms with Gasteiger partial charge >= 0.3 is 5.97 Å². The number of carbonyl (C=O) groups excluding carboxylic acids is 3. The average Bonchev–Trinajstić information content (AvgIpc) is 3.00. The molecule has 0 heterocycles. The molecule has 0 radical (unpaired) electrons. The molecule has 0 aromatic carbocycles. The number of alkyl halides is 1. The summed E-state index contributed by atoms with van der Waals surface area (Å²) in [6.45, 7) is 7.05. The van der Waals surface area contributed by atoms with Crippen molar-refractivity contribution in [3.05, 3.63) is 23.8 Å². The van der Waals surface area contributed by atoms with Gasteiger partial charge in [0.25, 0.3) is 0 Å². The Morgan fingerprint density at radius 3 is 2.63 bits per heavy atom. The van der Waals surface area contributed by atoms with Gasteiger partial charge in [-0.3, -0.25) is 14.4 Å². The summed E-state index contributed by atoms with van der Waals surface area (Å²) in [6.07, 6.45) is 5.97. The van der Waals surface area contributed by atoms with E-state index in [0.29, 0.717) is 18.4 Å². The number of carbonyl (C=O) groups is 3. The highest BCUT2D eigenvalue weighted by Gasteiger charge is 2.71. The van der Waals surface area contributed by atoms with Gasteiger partial charge in [0.1, 0.15) is 11.8 Å². The van der Waals surface area contributed by atoms with E-state index in [2.05, 4.69) is 0 Å². The van der Waals surface area contributed by atoms with Crippen LogP contribution in [0, 0.1) is 34.5 Å². The van der Waals surface area contributed by atoms with Crippen molar-refractivity contribution in [2.45, 2.75) is 90.5 Å². The summed E-state index contributed by atoms with van der Waals surface area (Å²) in [5.74, 6) is -2.45. The molecule has 4 rings (SSSR count). The minimum atomic E-state index is -1.78. The van der Waals surface area contributed by atoms with Gasteiger partial charge in [0.2, 0.25) is 5.78 Å². The first-order chi connectivity index (χ1) is 16.4. The van der Waals surface area contributed by atoms with Crippen LogP contribution in [0.4, 0.5) is 4.39 Å². The predicted octanol–water partition coefficient (Wildman–Crippen LogP) is 3.88. The van der Waals surface area contributed by atoms with Crippen molar-refractivity contribution in [1.82, 2.24) is 0 Å². The highest BCUT2D eigenvalue weighted by Crippen LogP contribution is 2.68. The van der Waals surface area contributed by atoms with Crippen LogP contribution in [0.5, 0.6) is 0 Å². The maximum absolute atomic E-state index is 15.5. The number of esters is 1. The Balaban J connectivity index is 1.59. The van der Waals surface area contributed by atoms with Gasteiger partial charge in [-0.15, -0.1) is 0 Å². The Morgan fingerprint density at radius 2 is 1.94 bits per heavy atom. The van der Waals surface area contributed by atoms with Crippen LogP contribution in [-0.4, -0.2) is 52.2 Å². The highest BCUT2D eigenvalue weighted by atomic mass is 19.1. The number of halogens is 1. The van der Waals surface area contributed by atoms with Crippen LogP contribution in [0.15, 0.2) is 23.8 Å². The molecule has 0 aromatic heterocycles. The number of Topliss-reactive ketones (excluding diaryl/α,β-unsaturated/α-hetero) is 1. The minimum Gasteiger partial charge on any atom is -0.458 e. The summed E-state index contributed by atoms with van der Waals surface area (Å²) in [5.41, 5.74) is -3.14. The van der Waals surface area contributed by atoms with Gasteiger partial charge in [0, 0.05) is 23.2 Å². The number of unbranched alkanes of at least 4 members (excludes halogenated alkanes) is 2. The molecular formula is C28H39FO6. The van der Waals surface area contributed by atoms with Crippen molar-refractivity contribution in [2.24, 2.45) is 34.5 Å². The fraction of sp³-hybridized carbons (Fsp3) is 0.750. The standard InChI is InChI=1S/C28H39FO6/c1-5-6-7-8-24(33)35-15-23(32)28(34)16(2)11-19-18-13-21(29)20-12-17(30)9-10-26(20,3)25(18)22(31)14-27(19,28)4/h9-10,12,16,18-19,21-22,25,31,34H,5-8,11,13-15H2,1-4H3/t16-,18?,19+,21+,22+,25?,26?,27?,28+/m1/s1. The number of allylic oxidation sites excluding steroid dienone is 4. The van der Waals surface area contributed by atoms with E-state index in [-0.39, 0.29) is 42.8 Å². The lowest BCUT2D eigenvalue weighted by atomic mass is 9.46. The van der Waals surface area contributed by atoms with Crippen molar-refractivity contribution >= 4 is 17.5 Å². The zero-order chi connectivity index (χ0) is 25.8. The summed E-state index contributed by atoms with van der Waals surface area (Å²) in [5, 5.41) is 23.3. The van der Waals surface area contributed by atoms with Crippen molar-refractivity contribution in [3.8, 4) is 0 Å². The predicted molar refractivity (Wildman–Crippen MR) is 128 cm³/mol. The fourth-order valence-corrected chi connectivity index (χ4v) is 8.11. The zero-order valence-corrected chi connectivity index (χ0v) is 21.3. The van der Waals surface area contributed by atoms with Gasteiger partial charge in [-0.1, -0.05) is 46.6 Å². The molecule has 0 saturated heterocycles. The maximum atomic E-state index is 15.5. The number of aliphatic hydroxyl groups excluding tert-OH is 1. The van der Waals surface area contributed by atoms with Crippen molar-refractivity contribution in [3.63, 3.8) is 0 Å². The summed E-state index contributed by atoms with van der Waals surface area (Å²) in [4.78, 5) is 37.4.